The SMILES string of the molecule is Cc1ncc(S(=O)(=O)Nc2ccc(F)c(N)c2)s1. The van der Waals surface area contributed by atoms with E-state index in [1.165, 1.54) is 18.3 Å². The van der Waals surface area contributed by atoms with Gasteiger partial charge in [0, 0.05) is 0 Å². The second-order valence-electron chi connectivity index (χ2n) is 3.54. The van der Waals surface area contributed by atoms with Gasteiger partial charge in [0.1, 0.15) is 5.82 Å². The first kappa shape index (κ1) is 12.8. The topological polar surface area (TPSA) is 85.1 Å². The van der Waals surface area contributed by atoms with E-state index in [0.717, 1.165) is 17.4 Å². The summed E-state index contributed by atoms with van der Waals surface area (Å²) in [6.07, 6.45) is 1.27. The van der Waals surface area contributed by atoms with Crippen molar-refractivity contribution in [3.8, 4) is 0 Å². The van der Waals surface area contributed by atoms with E-state index < -0.39 is 15.8 Å². The number of aromatic nitrogens is 1. The molecule has 1 aromatic carbocycles. The van der Waals surface area contributed by atoms with Crippen LogP contribution in [0.25, 0.3) is 0 Å². The van der Waals surface area contributed by atoms with Crippen LogP contribution in [0.5, 0.6) is 0 Å². The first-order valence-electron chi connectivity index (χ1n) is 4.89. The summed E-state index contributed by atoms with van der Waals surface area (Å²) < 4.78 is 39.2. The van der Waals surface area contributed by atoms with Crippen molar-refractivity contribution in [1.29, 1.82) is 0 Å². The highest BCUT2D eigenvalue weighted by Crippen LogP contribution is 2.23. The molecular formula is C10H10FN3O2S2. The van der Waals surface area contributed by atoms with Crippen LogP contribution in [0.1, 0.15) is 5.01 Å². The molecule has 0 spiro atoms. The van der Waals surface area contributed by atoms with Gasteiger partial charge in [-0.1, -0.05) is 0 Å². The smallest absolute Gasteiger partial charge is 0.273 e. The molecule has 3 N–H and O–H groups in total. The number of nitrogens with zero attached hydrogens (tertiary/aromatic N) is 1. The minimum Gasteiger partial charge on any atom is -0.396 e. The fourth-order valence-corrected chi connectivity index (χ4v) is 3.44. The Labute approximate surface area is 108 Å². The first-order chi connectivity index (χ1) is 8.38. The van der Waals surface area contributed by atoms with Gasteiger partial charge < -0.3 is 5.73 Å². The average Bonchev–Trinajstić information content (AvgIpc) is 2.71. The number of nitrogens with one attached hydrogen (secondary N) is 1. The number of hydrogen-bond donors (Lipinski definition) is 2. The molecular weight excluding hydrogens is 277 g/mol. The molecule has 0 radical (unpaired) electrons. The molecule has 18 heavy (non-hydrogen) atoms. The highest BCUT2D eigenvalue weighted by atomic mass is 32.2. The third kappa shape index (κ3) is 2.59. The number of benzene rings is 1. The molecule has 1 heterocycles. The Morgan fingerprint density at radius 3 is 2.72 bits per heavy atom. The van der Waals surface area contributed by atoms with Crippen molar-refractivity contribution >= 4 is 32.7 Å². The van der Waals surface area contributed by atoms with Crippen molar-refractivity contribution in [2.45, 2.75) is 11.1 Å². The Morgan fingerprint density at radius 2 is 2.17 bits per heavy atom. The van der Waals surface area contributed by atoms with Crippen molar-refractivity contribution in [3.05, 3.63) is 35.2 Å². The zero-order valence-electron chi connectivity index (χ0n) is 9.34. The van der Waals surface area contributed by atoms with E-state index in [0.29, 0.717) is 5.01 Å². The van der Waals surface area contributed by atoms with Crippen LogP contribution in [-0.2, 0) is 10.0 Å². The standard InChI is InChI=1S/C10H10FN3O2S2/c1-6-13-5-10(17-6)18(15,16)14-7-2-3-8(11)9(12)4-7/h2-5,14H,12H2,1H3. The second kappa shape index (κ2) is 4.54. The van der Waals surface area contributed by atoms with Gasteiger partial charge in [0.25, 0.3) is 10.0 Å². The van der Waals surface area contributed by atoms with Gasteiger partial charge in [-0.3, -0.25) is 4.72 Å². The minimum absolute atomic E-state index is 0.0999. The number of nitrogen functional groups attached to an aromatic ring is 1. The van der Waals surface area contributed by atoms with Crippen molar-refractivity contribution < 1.29 is 12.8 Å². The van der Waals surface area contributed by atoms with Crippen LogP contribution in [-0.4, -0.2) is 13.4 Å². The second-order valence-corrected chi connectivity index (χ2v) is 6.68. The van der Waals surface area contributed by atoms with Crippen molar-refractivity contribution in [1.82, 2.24) is 4.98 Å². The summed E-state index contributed by atoms with van der Waals surface area (Å²) in [5.74, 6) is -0.591. The van der Waals surface area contributed by atoms with Crippen LogP contribution in [0.2, 0.25) is 0 Å². The van der Waals surface area contributed by atoms with Gasteiger partial charge in [-0.15, -0.1) is 11.3 Å². The summed E-state index contributed by atoms with van der Waals surface area (Å²) in [7, 11) is -3.69. The predicted molar refractivity (Wildman–Crippen MR) is 68.5 cm³/mol. The molecule has 0 unspecified atom stereocenters. The van der Waals surface area contributed by atoms with Crippen LogP contribution >= 0.6 is 11.3 Å². The molecule has 0 fully saturated rings. The zero-order chi connectivity index (χ0) is 13.3. The normalized spacial score (nSPS) is 11.4. The van der Waals surface area contributed by atoms with Gasteiger partial charge in [0.15, 0.2) is 4.21 Å². The van der Waals surface area contributed by atoms with Gasteiger partial charge in [-0.25, -0.2) is 17.8 Å². The number of hydrogen-bond acceptors (Lipinski definition) is 5. The van der Waals surface area contributed by atoms with Crippen LogP contribution in [0, 0.1) is 12.7 Å². The van der Waals surface area contributed by atoms with E-state index >= 15 is 0 Å². The molecule has 0 bridgehead atoms. The summed E-state index contributed by atoms with van der Waals surface area (Å²) in [5.41, 5.74) is 5.46. The zero-order valence-corrected chi connectivity index (χ0v) is 11.0. The van der Waals surface area contributed by atoms with Crippen LogP contribution in [0.15, 0.2) is 28.6 Å². The Balaban J connectivity index is 2.30. The van der Waals surface area contributed by atoms with E-state index in [9.17, 15) is 12.8 Å². The molecule has 8 heteroatoms. The summed E-state index contributed by atoms with van der Waals surface area (Å²) in [5, 5.41) is 0.647. The lowest BCUT2D eigenvalue weighted by Gasteiger charge is -2.06. The molecule has 5 nitrogen and oxygen atoms in total. The number of thiazole rings is 1. The van der Waals surface area contributed by atoms with Crippen molar-refractivity contribution in [2.24, 2.45) is 0 Å². The number of nitrogens with two attached hydrogens (primary N) is 1. The molecule has 96 valence electrons. The fraction of sp³-hybridized carbons (Fsp3) is 0.100. The molecule has 1 aromatic heterocycles. The number of rotatable bonds is 3. The van der Waals surface area contributed by atoms with E-state index in [1.54, 1.807) is 6.92 Å². The Morgan fingerprint density at radius 1 is 1.44 bits per heavy atom. The lowest BCUT2D eigenvalue weighted by Crippen LogP contribution is -2.11. The maximum absolute atomic E-state index is 12.9. The largest absolute Gasteiger partial charge is 0.396 e. The van der Waals surface area contributed by atoms with E-state index in [-0.39, 0.29) is 15.6 Å². The Bertz CT molecular complexity index is 682. The summed E-state index contributed by atoms with van der Waals surface area (Å²) in [6, 6.07) is 3.63. The van der Waals surface area contributed by atoms with E-state index in [4.69, 9.17) is 5.73 Å². The maximum atomic E-state index is 12.9. The molecule has 2 aromatic rings. The molecule has 0 saturated heterocycles. The van der Waals surface area contributed by atoms with Crippen LogP contribution in [0.3, 0.4) is 0 Å². The molecule has 0 amide bonds. The molecule has 0 atom stereocenters. The number of halogens is 1. The highest BCUT2D eigenvalue weighted by molar-refractivity contribution is 7.94. The van der Waals surface area contributed by atoms with Gasteiger partial charge in [0.2, 0.25) is 0 Å². The number of sulfonamides is 1. The monoisotopic (exact) mass is 287 g/mol. The summed E-state index contributed by atoms with van der Waals surface area (Å²) in [4.78, 5) is 3.87. The summed E-state index contributed by atoms with van der Waals surface area (Å²) >= 11 is 1.05. The quantitative estimate of drug-likeness (QED) is 0.845. The van der Waals surface area contributed by atoms with Gasteiger partial charge in [-0.2, -0.15) is 0 Å². The number of anilines is 2. The fourth-order valence-electron chi connectivity index (χ4n) is 1.28. The number of aryl methyl sites for hydroxylation is 1. The van der Waals surface area contributed by atoms with Gasteiger partial charge in [0.05, 0.1) is 22.6 Å². The average molecular weight is 287 g/mol. The minimum atomic E-state index is -3.69. The lowest BCUT2D eigenvalue weighted by molar-refractivity contribution is 0.603. The van der Waals surface area contributed by atoms with Gasteiger partial charge in [-0.05, 0) is 25.1 Å². The first-order valence-corrected chi connectivity index (χ1v) is 7.19. The third-order valence-electron chi connectivity index (χ3n) is 2.11. The van der Waals surface area contributed by atoms with Crippen molar-refractivity contribution in [3.63, 3.8) is 0 Å². The molecule has 0 aliphatic rings. The lowest BCUT2D eigenvalue weighted by atomic mass is 10.3. The molecule has 0 aliphatic carbocycles. The molecule has 2 rings (SSSR count). The van der Waals surface area contributed by atoms with E-state index in [1.807, 2.05) is 0 Å². The predicted octanol–water partition coefficient (Wildman–Crippen LogP) is 1.97. The van der Waals surface area contributed by atoms with Crippen LogP contribution in [0.4, 0.5) is 15.8 Å². The van der Waals surface area contributed by atoms with E-state index in [2.05, 4.69) is 9.71 Å². The summed E-state index contributed by atoms with van der Waals surface area (Å²) in [6.45, 7) is 1.71. The Kier molecular flexibility index (Phi) is 3.22. The molecule has 0 saturated carbocycles. The highest BCUT2D eigenvalue weighted by Gasteiger charge is 2.17. The van der Waals surface area contributed by atoms with Crippen molar-refractivity contribution in [2.75, 3.05) is 10.5 Å². The van der Waals surface area contributed by atoms with Crippen LogP contribution < -0.4 is 10.5 Å². The van der Waals surface area contributed by atoms with Gasteiger partial charge >= 0.3 is 0 Å². The Hall–Kier alpha value is -1.67. The maximum Gasteiger partial charge on any atom is 0.273 e. The third-order valence-corrected chi connectivity index (χ3v) is 4.87. The molecule has 0 aliphatic heterocycles.